The van der Waals surface area contributed by atoms with E-state index in [4.69, 9.17) is 5.11 Å². The van der Waals surface area contributed by atoms with Gasteiger partial charge in [-0.05, 0) is 6.92 Å². The lowest BCUT2D eigenvalue weighted by Gasteiger charge is -2.18. The molecule has 0 bridgehead atoms. The fraction of sp³-hybridized carbons (Fsp3) is 0.438. The van der Waals surface area contributed by atoms with Crippen LogP contribution in [0.3, 0.4) is 0 Å². The first-order chi connectivity index (χ1) is 10.5. The van der Waals surface area contributed by atoms with Gasteiger partial charge in [0.15, 0.2) is 0 Å². The monoisotopic (exact) mass is 306 g/mol. The van der Waals surface area contributed by atoms with Gasteiger partial charge in [-0.1, -0.05) is 30.3 Å². The summed E-state index contributed by atoms with van der Waals surface area (Å²) in [6.07, 6.45) is -1.12. The molecule has 2 rings (SSSR count). The summed E-state index contributed by atoms with van der Waals surface area (Å²) in [5, 5.41) is 38.1. The van der Waals surface area contributed by atoms with E-state index >= 15 is 0 Å². The van der Waals surface area contributed by atoms with Crippen molar-refractivity contribution in [2.45, 2.75) is 38.2 Å². The van der Waals surface area contributed by atoms with Crippen LogP contribution >= 0.6 is 0 Å². The molecule has 4 N–H and O–H groups in total. The Kier molecular flexibility index (Phi) is 5.68. The van der Waals surface area contributed by atoms with E-state index in [-0.39, 0.29) is 6.42 Å². The third-order valence-corrected chi connectivity index (χ3v) is 3.49. The third-order valence-electron chi connectivity index (χ3n) is 3.49. The van der Waals surface area contributed by atoms with Crippen LogP contribution in [0.4, 0.5) is 0 Å². The number of aliphatic hydroxyl groups excluding tert-OH is 4. The Morgan fingerprint density at radius 1 is 1.09 bits per heavy atom. The molecule has 2 aromatic rings. The molecular weight excluding hydrogens is 284 g/mol. The summed E-state index contributed by atoms with van der Waals surface area (Å²) < 4.78 is 1.76. The lowest BCUT2D eigenvalue weighted by atomic mass is 10.0. The number of rotatable bonds is 7. The second kappa shape index (κ2) is 7.51. The van der Waals surface area contributed by atoms with Gasteiger partial charge < -0.3 is 25.0 Å². The highest BCUT2D eigenvalue weighted by atomic mass is 16.4. The quantitative estimate of drug-likeness (QED) is 0.585. The average molecular weight is 306 g/mol. The van der Waals surface area contributed by atoms with Gasteiger partial charge in [-0.2, -0.15) is 0 Å². The lowest BCUT2D eigenvalue weighted by Crippen LogP contribution is -2.32. The molecule has 0 aliphatic heterocycles. The van der Waals surface area contributed by atoms with Crippen LogP contribution in [-0.2, 0) is 13.0 Å². The van der Waals surface area contributed by atoms with Gasteiger partial charge in [0.1, 0.15) is 6.10 Å². The lowest BCUT2D eigenvalue weighted by molar-refractivity contribution is -0.0141. The molecule has 6 nitrogen and oxygen atoms in total. The van der Waals surface area contributed by atoms with E-state index in [1.807, 2.05) is 30.3 Å². The zero-order valence-corrected chi connectivity index (χ0v) is 12.5. The number of benzene rings is 1. The number of aliphatic hydroxyl groups is 4. The molecule has 0 spiro atoms. The predicted octanol–water partition coefficient (Wildman–Crippen LogP) is 0.187. The molecule has 1 aromatic carbocycles. The van der Waals surface area contributed by atoms with Crippen LogP contribution < -0.4 is 0 Å². The minimum Gasteiger partial charge on any atom is -0.394 e. The summed E-state index contributed by atoms with van der Waals surface area (Å²) in [4.78, 5) is 4.37. The van der Waals surface area contributed by atoms with Gasteiger partial charge in [0.05, 0.1) is 30.8 Å². The van der Waals surface area contributed by atoms with Crippen molar-refractivity contribution in [1.29, 1.82) is 0 Å². The van der Waals surface area contributed by atoms with Crippen molar-refractivity contribution in [2.24, 2.45) is 0 Å². The van der Waals surface area contributed by atoms with E-state index < -0.39 is 24.9 Å². The van der Waals surface area contributed by atoms with Gasteiger partial charge in [-0.25, -0.2) is 4.98 Å². The van der Waals surface area contributed by atoms with Crippen molar-refractivity contribution in [3.8, 4) is 11.3 Å². The summed E-state index contributed by atoms with van der Waals surface area (Å²) in [6, 6.07) is 9.51. The second-order valence-electron chi connectivity index (χ2n) is 5.43. The van der Waals surface area contributed by atoms with E-state index in [1.165, 1.54) is 0 Å². The number of aromatic nitrogens is 2. The summed E-state index contributed by atoms with van der Waals surface area (Å²) in [5.74, 6) is 0. The van der Waals surface area contributed by atoms with Gasteiger partial charge in [0, 0.05) is 24.2 Å². The molecule has 0 saturated heterocycles. The maximum absolute atomic E-state index is 10.0. The maximum atomic E-state index is 10.0. The topological polar surface area (TPSA) is 98.7 Å². The molecule has 0 saturated carbocycles. The van der Waals surface area contributed by atoms with Crippen LogP contribution in [-0.4, -0.2) is 54.9 Å². The Morgan fingerprint density at radius 2 is 1.77 bits per heavy atom. The average Bonchev–Trinajstić information content (AvgIpc) is 2.89. The fourth-order valence-electron chi connectivity index (χ4n) is 2.36. The summed E-state index contributed by atoms with van der Waals surface area (Å²) in [7, 11) is 0. The highest BCUT2D eigenvalue weighted by molar-refractivity contribution is 5.61. The van der Waals surface area contributed by atoms with E-state index in [9.17, 15) is 15.3 Å². The predicted molar refractivity (Wildman–Crippen MR) is 82.1 cm³/mol. The fourth-order valence-corrected chi connectivity index (χ4v) is 2.36. The smallest absolute Gasteiger partial charge is 0.103 e. The van der Waals surface area contributed by atoms with E-state index in [1.54, 1.807) is 17.8 Å². The zero-order valence-electron chi connectivity index (χ0n) is 12.5. The van der Waals surface area contributed by atoms with Crippen LogP contribution in [0.15, 0.2) is 36.7 Å². The SMILES string of the molecule is CC(O)Cn1cnc(-c2ccccc2)c1C[C@H](O)[C@H](O)CO. The third kappa shape index (κ3) is 3.92. The normalized spacial score (nSPS) is 15.5. The molecule has 0 radical (unpaired) electrons. The van der Waals surface area contributed by atoms with Crippen molar-refractivity contribution in [3.63, 3.8) is 0 Å². The molecule has 0 amide bonds. The summed E-state index contributed by atoms with van der Waals surface area (Å²) in [6.45, 7) is 1.51. The Morgan fingerprint density at radius 3 is 2.36 bits per heavy atom. The van der Waals surface area contributed by atoms with Gasteiger partial charge in [0.25, 0.3) is 0 Å². The molecule has 1 unspecified atom stereocenters. The highest BCUT2D eigenvalue weighted by Gasteiger charge is 2.21. The zero-order chi connectivity index (χ0) is 16.1. The van der Waals surface area contributed by atoms with Crippen LogP contribution in [0, 0.1) is 0 Å². The van der Waals surface area contributed by atoms with Crippen LogP contribution in [0.1, 0.15) is 12.6 Å². The second-order valence-corrected chi connectivity index (χ2v) is 5.43. The Balaban J connectivity index is 2.36. The molecule has 3 atom stereocenters. The highest BCUT2D eigenvalue weighted by Crippen LogP contribution is 2.24. The molecule has 0 fully saturated rings. The Bertz CT molecular complexity index is 583. The molecule has 0 aliphatic rings. The van der Waals surface area contributed by atoms with E-state index in [2.05, 4.69) is 4.98 Å². The van der Waals surface area contributed by atoms with E-state index in [0.29, 0.717) is 17.9 Å². The maximum Gasteiger partial charge on any atom is 0.103 e. The first-order valence-corrected chi connectivity index (χ1v) is 7.27. The minimum atomic E-state index is -1.21. The molecule has 120 valence electrons. The number of hydrogen-bond donors (Lipinski definition) is 4. The molecular formula is C16H22N2O4. The molecule has 22 heavy (non-hydrogen) atoms. The number of nitrogens with zero attached hydrogens (tertiary/aromatic N) is 2. The number of hydrogen-bond acceptors (Lipinski definition) is 5. The van der Waals surface area contributed by atoms with Crippen molar-refractivity contribution >= 4 is 0 Å². The molecule has 1 aromatic heterocycles. The van der Waals surface area contributed by atoms with Crippen molar-refractivity contribution < 1.29 is 20.4 Å². The Hall–Kier alpha value is -1.73. The standard InChI is InChI=1S/C16H22N2O4/c1-11(20)8-18-10-17-16(12-5-3-2-4-6-12)13(18)7-14(21)15(22)9-19/h2-6,10-11,14-15,19-22H,7-9H2,1H3/t11?,14-,15+/m0/s1. The summed E-state index contributed by atoms with van der Waals surface area (Å²) in [5.41, 5.74) is 2.31. The van der Waals surface area contributed by atoms with Crippen molar-refractivity contribution in [1.82, 2.24) is 9.55 Å². The minimum absolute atomic E-state index is 0.138. The van der Waals surface area contributed by atoms with Crippen molar-refractivity contribution in [2.75, 3.05) is 6.61 Å². The molecule has 1 heterocycles. The first kappa shape index (κ1) is 16.6. The van der Waals surface area contributed by atoms with Crippen LogP contribution in [0.5, 0.6) is 0 Å². The van der Waals surface area contributed by atoms with Crippen LogP contribution in [0.2, 0.25) is 0 Å². The van der Waals surface area contributed by atoms with Gasteiger partial charge >= 0.3 is 0 Å². The molecule has 0 aliphatic carbocycles. The number of imidazole rings is 1. The van der Waals surface area contributed by atoms with Gasteiger partial charge in [-0.3, -0.25) is 0 Å². The Labute approximate surface area is 129 Å². The van der Waals surface area contributed by atoms with Gasteiger partial charge in [-0.15, -0.1) is 0 Å². The van der Waals surface area contributed by atoms with Crippen molar-refractivity contribution in [3.05, 3.63) is 42.4 Å². The first-order valence-electron chi connectivity index (χ1n) is 7.27. The molecule has 6 heteroatoms. The largest absolute Gasteiger partial charge is 0.394 e. The summed E-state index contributed by atoms with van der Waals surface area (Å²) >= 11 is 0. The van der Waals surface area contributed by atoms with E-state index in [0.717, 1.165) is 5.56 Å². The van der Waals surface area contributed by atoms with Crippen LogP contribution in [0.25, 0.3) is 11.3 Å². The van der Waals surface area contributed by atoms with Gasteiger partial charge in [0.2, 0.25) is 0 Å².